The molecule has 0 radical (unpaired) electrons. The maximum Gasteiger partial charge on any atom is 0.0843 e. The van der Waals surface area contributed by atoms with Gasteiger partial charge in [-0.05, 0) is 55.6 Å². The second kappa shape index (κ2) is 6.00. The minimum Gasteiger partial charge on any atom is -0.392 e. The third kappa shape index (κ3) is 3.55. The predicted molar refractivity (Wildman–Crippen MR) is 79.4 cm³/mol. The molecular formula is C12H11Br2NOS. The molecule has 0 aliphatic carbocycles. The van der Waals surface area contributed by atoms with Gasteiger partial charge in [0.2, 0.25) is 0 Å². The Bertz CT molecular complexity index is 493. The summed E-state index contributed by atoms with van der Waals surface area (Å²) < 4.78 is 2.20. The first-order valence-electron chi connectivity index (χ1n) is 5.06. The van der Waals surface area contributed by atoms with Crippen LogP contribution in [0.25, 0.3) is 0 Å². The molecule has 0 aliphatic heterocycles. The van der Waals surface area contributed by atoms with Crippen molar-refractivity contribution in [1.29, 1.82) is 0 Å². The van der Waals surface area contributed by atoms with E-state index >= 15 is 0 Å². The van der Waals surface area contributed by atoms with E-state index in [2.05, 4.69) is 43.2 Å². The van der Waals surface area contributed by atoms with E-state index in [1.165, 1.54) is 4.88 Å². The maximum absolute atomic E-state index is 9.05. The number of thiophene rings is 1. The minimum absolute atomic E-state index is 0.0750. The number of aliphatic hydroxyl groups excluding tert-OH is 1. The lowest BCUT2D eigenvalue weighted by Crippen LogP contribution is -1.97. The Kier molecular flexibility index (Phi) is 4.62. The molecule has 1 aromatic heterocycles. The van der Waals surface area contributed by atoms with Gasteiger partial charge in [-0.1, -0.05) is 12.1 Å². The van der Waals surface area contributed by atoms with E-state index in [0.717, 1.165) is 26.1 Å². The molecule has 2 rings (SSSR count). The van der Waals surface area contributed by atoms with E-state index in [1.54, 1.807) is 11.3 Å². The molecule has 0 bridgehead atoms. The van der Waals surface area contributed by atoms with Gasteiger partial charge in [0.05, 0.1) is 10.4 Å². The van der Waals surface area contributed by atoms with Crippen molar-refractivity contribution >= 4 is 48.9 Å². The van der Waals surface area contributed by atoms with Crippen LogP contribution in [0.4, 0.5) is 5.69 Å². The molecular weight excluding hydrogens is 366 g/mol. The summed E-state index contributed by atoms with van der Waals surface area (Å²) in [6, 6.07) is 9.89. The number of aliphatic hydroxyl groups is 1. The second-order valence-corrected chi connectivity index (χ2v) is 6.86. The smallest absolute Gasteiger partial charge is 0.0843 e. The van der Waals surface area contributed by atoms with Crippen LogP contribution in [0.5, 0.6) is 0 Å². The van der Waals surface area contributed by atoms with Gasteiger partial charge in [-0.3, -0.25) is 0 Å². The second-order valence-electron chi connectivity index (χ2n) is 3.55. The van der Waals surface area contributed by atoms with Gasteiger partial charge in [0.1, 0.15) is 0 Å². The van der Waals surface area contributed by atoms with Gasteiger partial charge >= 0.3 is 0 Å². The largest absolute Gasteiger partial charge is 0.392 e. The number of hydrogen-bond donors (Lipinski definition) is 2. The van der Waals surface area contributed by atoms with Crippen LogP contribution in [-0.4, -0.2) is 5.11 Å². The molecule has 2 nitrogen and oxygen atoms in total. The summed E-state index contributed by atoms with van der Waals surface area (Å²) in [5.41, 5.74) is 1.95. The fraction of sp³-hybridized carbons (Fsp3) is 0.167. The molecule has 5 heteroatoms. The third-order valence-corrected chi connectivity index (χ3v) is 5.53. The molecule has 0 spiro atoms. The zero-order valence-corrected chi connectivity index (χ0v) is 12.9. The van der Waals surface area contributed by atoms with Crippen molar-refractivity contribution < 1.29 is 5.11 Å². The van der Waals surface area contributed by atoms with E-state index in [9.17, 15) is 0 Å². The van der Waals surface area contributed by atoms with Crippen molar-refractivity contribution in [2.45, 2.75) is 13.2 Å². The molecule has 2 aromatic rings. The molecule has 0 aliphatic rings. The fourth-order valence-electron chi connectivity index (χ4n) is 1.45. The predicted octanol–water partition coefficient (Wildman–Crippen LogP) is 4.38. The Balaban J connectivity index is 2.01. The lowest BCUT2D eigenvalue weighted by Gasteiger charge is -2.05. The third-order valence-electron chi connectivity index (χ3n) is 2.27. The van der Waals surface area contributed by atoms with Crippen molar-refractivity contribution in [2.24, 2.45) is 0 Å². The van der Waals surface area contributed by atoms with Crippen molar-refractivity contribution in [1.82, 2.24) is 0 Å². The number of halogens is 2. The molecule has 0 unspecified atom stereocenters. The first-order chi connectivity index (χ1) is 8.19. The Labute approximate surface area is 121 Å². The Morgan fingerprint density at radius 3 is 2.71 bits per heavy atom. The van der Waals surface area contributed by atoms with E-state index in [-0.39, 0.29) is 6.61 Å². The summed E-state index contributed by atoms with van der Waals surface area (Å²) in [6.45, 7) is 0.857. The molecule has 0 saturated heterocycles. The van der Waals surface area contributed by atoms with Crippen LogP contribution in [0.15, 0.2) is 38.6 Å². The molecule has 1 heterocycles. The monoisotopic (exact) mass is 375 g/mol. The number of nitrogens with one attached hydrogen (secondary N) is 1. The van der Waals surface area contributed by atoms with Crippen LogP contribution in [0.2, 0.25) is 0 Å². The normalized spacial score (nSPS) is 10.5. The van der Waals surface area contributed by atoms with E-state index < -0.39 is 0 Å². The van der Waals surface area contributed by atoms with Crippen molar-refractivity contribution in [3.63, 3.8) is 0 Å². The molecule has 0 saturated carbocycles. The highest BCUT2D eigenvalue weighted by Gasteiger charge is 2.03. The molecule has 1 aromatic carbocycles. The zero-order chi connectivity index (χ0) is 12.3. The van der Waals surface area contributed by atoms with Crippen molar-refractivity contribution in [3.8, 4) is 0 Å². The number of hydrogen-bond acceptors (Lipinski definition) is 3. The van der Waals surface area contributed by atoms with Crippen molar-refractivity contribution in [2.75, 3.05) is 5.32 Å². The Morgan fingerprint density at radius 2 is 2.06 bits per heavy atom. The zero-order valence-electron chi connectivity index (χ0n) is 8.91. The van der Waals surface area contributed by atoms with Crippen LogP contribution < -0.4 is 5.32 Å². The molecule has 90 valence electrons. The Hall–Kier alpha value is -0.360. The van der Waals surface area contributed by atoms with Gasteiger partial charge in [-0.15, -0.1) is 11.3 Å². The average molecular weight is 377 g/mol. The summed E-state index contributed by atoms with van der Waals surface area (Å²) in [6.07, 6.45) is 0. The first kappa shape index (κ1) is 13.1. The number of benzene rings is 1. The average Bonchev–Trinajstić information content (AvgIpc) is 2.67. The standard InChI is InChI=1S/C12H11Br2NOS/c13-11-5-10(17-12(11)14)6-15-9-3-1-2-8(4-9)7-16/h1-5,15-16H,6-7H2. The van der Waals surface area contributed by atoms with Gasteiger partial charge in [0, 0.05) is 21.6 Å². The summed E-state index contributed by atoms with van der Waals surface area (Å²) in [5, 5.41) is 12.4. The van der Waals surface area contributed by atoms with Crippen LogP contribution in [0.3, 0.4) is 0 Å². The van der Waals surface area contributed by atoms with Gasteiger partial charge in [-0.2, -0.15) is 0 Å². The quantitative estimate of drug-likeness (QED) is 0.829. The van der Waals surface area contributed by atoms with E-state index in [1.807, 2.05) is 24.3 Å². The molecule has 0 atom stereocenters. The van der Waals surface area contributed by atoms with Gasteiger partial charge in [-0.25, -0.2) is 0 Å². The fourth-order valence-corrected chi connectivity index (χ4v) is 3.56. The van der Waals surface area contributed by atoms with Gasteiger partial charge < -0.3 is 10.4 Å². The highest BCUT2D eigenvalue weighted by molar-refractivity contribution is 9.13. The molecule has 17 heavy (non-hydrogen) atoms. The highest BCUT2D eigenvalue weighted by atomic mass is 79.9. The topological polar surface area (TPSA) is 32.3 Å². The minimum atomic E-state index is 0.0750. The lowest BCUT2D eigenvalue weighted by atomic mass is 10.2. The van der Waals surface area contributed by atoms with E-state index in [4.69, 9.17) is 5.11 Å². The highest BCUT2D eigenvalue weighted by Crippen LogP contribution is 2.32. The molecule has 0 fully saturated rings. The summed E-state index contributed by atoms with van der Waals surface area (Å²) >= 11 is 8.65. The first-order valence-corrected chi connectivity index (χ1v) is 7.46. The van der Waals surface area contributed by atoms with Crippen LogP contribution in [-0.2, 0) is 13.2 Å². The van der Waals surface area contributed by atoms with Crippen LogP contribution >= 0.6 is 43.2 Å². The number of anilines is 1. The van der Waals surface area contributed by atoms with E-state index in [0.29, 0.717) is 0 Å². The summed E-state index contributed by atoms with van der Waals surface area (Å²) in [7, 11) is 0. The van der Waals surface area contributed by atoms with Crippen LogP contribution in [0, 0.1) is 0 Å². The number of rotatable bonds is 4. The van der Waals surface area contributed by atoms with Crippen molar-refractivity contribution in [3.05, 3.63) is 49.0 Å². The van der Waals surface area contributed by atoms with Gasteiger partial charge in [0.25, 0.3) is 0 Å². The summed E-state index contributed by atoms with van der Waals surface area (Å²) in [4.78, 5) is 1.25. The molecule has 2 N–H and O–H groups in total. The summed E-state index contributed by atoms with van der Waals surface area (Å²) in [5.74, 6) is 0. The van der Waals surface area contributed by atoms with Gasteiger partial charge in [0.15, 0.2) is 0 Å². The Morgan fingerprint density at radius 1 is 1.24 bits per heavy atom. The van der Waals surface area contributed by atoms with Crippen LogP contribution in [0.1, 0.15) is 10.4 Å². The molecule has 0 amide bonds. The lowest BCUT2D eigenvalue weighted by molar-refractivity contribution is 0.282. The maximum atomic E-state index is 9.05. The SMILES string of the molecule is OCc1cccc(NCc2cc(Br)c(Br)s2)c1.